The summed E-state index contributed by atoms with van der Waals surface area (Å²) in [5, 5.41) is 4.46. The Morgan fingerprint density at radius 1 is 1.29 bits per heavy atom. The summed E-state index contributed by atoms with van der Waals surface area (Å²) < 4.78 is 43.0. The van der Waals surface area contributed by atoms with E-state index in [0.717, 1.165) is 11.1 Å². The first-order chi connectivity index (χ1) is 13.2. The molecule has 0 aliphatic heterocycles. The van der Waals surface area contributed by atoms with Crippen molar-refractivity contribution in [2.45, 2.75) is 32.0 Å². The molecule has 0 bridgehead atoms. The van der Waals surface area contributed by atoms with Gasteiger partial charge in [0.2, 0.25) is 0 Å². The highest BCUT2D eigenvalue weighted by Gasteiger charge is 2.43. The van der Waals surface area contributed by atoms with Crippen molar-refractivity contribution in [2.75, 3.05) is 20.6 Å². The van der Waals surface area contributed by atoms with Gasteiger partial charge in [0.05, 0.1) is 5.69 Å². The summed E-state index contributed by atoms with van der Waals surface area (Å²) in [6, 6.07) is 1.75. The third-order valence-corrected chi connectivity index (χ3v) is 4.44. The van der Waals surface area contributed by atoms with Gasteiger partial charge in [-0.25, -0.2) is 9.59 Å². The smallest absolute Gasteiger partial charge is 0.381 e. The summed E-state index contributed by atoms with van der Waals surface area (Å²) in [5.74, 6) is -3.87. The summed E-state index contributed by atoms with van der Waals surface area (Å²) in [6.45, 7) is 0.997. The Morgan fingerprint density at radius 3 is 2.71 bits per heavy atom. The number of esters is 2. The summed E-state index contributed by atoms with van der Waals surface area (Å²) >= 11 is 0. The minimum atomic E-state index is -5.25. The van der Waals surface area contributed by atoms with Crippen LogP contribution in [0.25, 0.3) is 11.3 Å². The highest BCUT2D eigenvalue weighted by Crippen LogP contribution is 2.34. The van der Waals surface area contributed by atoms with Gasteiger partial charge >= 0.3 is 18.1 Å². The van der Waals surface area contributed by atoms with E-state index in [-0.39, 0.29) is 5.69 Å². The minimum absolute atomic E-state index is 0.103. The maximum atomic E-state index is 12.5. The predicted molar refractivity (Wildman–Crippen MR) is 92.5 cm³/mol. The molecule has 28 heavy (non-hydrogen) atoms. The first-order valence-electron chi connectivity index (χ1n) is 8.69. The minimum Gasteiger partial charge on any atom is -0.381 e. The van der Waals surface area contributed by atoms with Crippen molar-refractivity contribution in [1.82, 2.24) is 19.7 Å². The summed E-state index contributed by atoms with van der Waals surface area (Å²) in [7, 11) is 3.77. The molecule has 150 valence electrons. The number of halogens is 3. The van der Waals surface area contributed by atoms with E-state index in [9.17, 15) is 22.8 Å². The number of rotatable bonds is 5. The number of alkyl halides is 3. The number of hydrogen-bond acceptors (Lipinski definition) is 6. The second-order valence-corrected chi connectivity index (χ2v) is 6.76. The van der Waals surface area contributed by atoms with Crippen LogP contribution in [0.3, 0.4) is 0 Å². The van der Waals surface area contributed by atoms with E-state index in [4.69, 9.17) is 0 Å². The molecule has 0 unspecified atom stereocenters. The average Bonchev–Trinajstić information content (AvgIpc) is 2.99. The predicted octanol–water partition coefficient (Wildman–Crippen LogP) is 2.24. The lowest BCUT2D eigenvalue weighted by Gasteiger charge is -2.15. The first kappa shape index (κ1) is 20.0. The Bertz CT molecular complexity index is 906. The third kappa shape index (κ3) is 4.06. The summed E-state index contributed by atoms with van der Waals surface area (Å²) in [6.07, 6.45) is -0.383. The van der Waals surface area contributed by atoms with Crippen molar-refractivity contribution in [1.29, 1.82) is 0 Å². The first-order valence-corrected chi connectivity index (χ1v) is 8.69. The normalized spacial score (nSPS) is 13.2. The van der Waals surface area contributed by atoms with Gasteiger partial charge in [-0.3, -0.25) is 9.67 Å². The number of hydrogen-bond donors (Lipinski definition) is 0. The molecule has 2 aromatic heterocycles. The van der Waals surface area contributed by atoms with Crippen molar-refractivity contribution in [3.05, 3.63) is 35.3 Å². The molecule has 3 rings (SSSR count). The van der Waals surface area contributed by atoms with Crippen LogP contribution in [0.1, 0.15) is 28.0 Å². The molecule has 0 N–H and O–H groups in total. The van der Waals surface area contributed by atoms with Crippen molar-refractivity contribution >= 4 is 11.9 Å². The monoisotopic (exact) mass is 396 g/mol. The number of carbonyl (C=O) groups is 2. The van der Waals surface area contributed by atoms with E-state index >= 15 is 0 Å². The average molecular weight is 396 g/mol. The highest BCUT2D eigenvalue weighted by atomic mass is 19.4. The lowest BCUT2D eigenvalue weighted by Crippen LogP contribution is -2.29. The maximum absolute atomic E-state index is 12.5. The van der Waals surface area contributed by atoms with Crippen LogP contribution >= 0.6 is 0 Å². The number of carbonyl (C=O) groups excluding carboxylic acids is 2. The van der Waals surface area contributed by atoms with Crippen LogP contribution < -0.4 is 0 Å². The van der Waals surface area contributed by atoms with Gasteiger partial charge in [0.25, 0.3) is 0 Å². The molecule has 2 heterocycles. The van der Waals surface area contributed by atoms with Crippen LogP contribution in [0.5, 0.6) is 0 Å². The number of aryl methyl sites for hydroxylation is 2. The van der Waals surface area contributed by atoms with E-state index in [1.165, 1.54) is 4.68 Å². The van der Waals surface area contributed by atoms with Gasteiger partial charge in [0.15, 0.2) is 5.69 Å². The Kier molecular flexibility index (Phi) is 5.50. The zero-order valence-electron chi connectivity index (χ0n) is 15.4. The summed E-state index contributed by atoms with van der Waals surface area (Å²) in [5.41, 5.74) is 2.62. The van der Waals surface area contributed by atoms with E-state index in [1.54, 1.807) is 18.5 Å². The molecule has 0 atom stereocenters. The lowest BCUT2D eigenvalue weighted by molar-refractivity contribution is -0.193. The highest BCUT2D eigenvalue weighted by molar-refractivity contribution is 5.99. The molecule has 0 saturated carbocycles. The lowest BCUT2D eigenvalue weighted by atomic mass is 9.90. The van der Waals surface area contributed by atoms with Gasteiger partial charge in [0, 0.05) is 30.1 Å². The second kappa shape index (κ2) is 7.70. The molecule has 1 aliphatic carbocycles. The van der Waals surface area contributed by atoms with Crippen molar-refractivity contribution < 1.29 is 27.5 Å². The molecule has 0 radical (unpaired) electrons. The molecule has 2 aromatic rings. The van der Waals surface area contributed by atoms with Gasteiger partial charge in [-0.05, 0) is 51.5 Å². The fraction of sp³-hybridized carbons (Fsp3) is 0.444. The molecular formula is C18H19F3N4O3. The van der Waals surface area contributed by atoms with E-state index < -0.39 is 18.1 Å². The summed E-state index contributed by atoms with van der Waals surface area (Å²) in [4.78, 5) is 29.6. The fourth-order valence-corrected chi connectivity index (χ4v) is 3.19. The molecule has 0 saturated heterocycles. The van der Waals surface area contributed by atoms with Gasteiger partial charge in [0.1, 0.15) is 0 Å². The van der Waals surface area contributed by atoms with Gasteiger partial charge < -0.3 is 9.64 Å². The second-order valence-electron chi connectivity index (χ2n) is 6.76. The van der Waals surface area contributed by atoms with Crippen LogP contribution in [-0.2, 0) is 28.9 Å². The molecule has 0 aromatic carbocycles. The Morgan fingerprint density at radius 2 is 2.04 bits per heavy atom. The molecule has 1 aliphatic rings. The number of pyridine rings is 1. The number of aromatic nitrogens is 3. The van der Waals surface area contributed by atoms with Crippen LogP contribution in [0, 0.1) is 0 Å². The van der Waals surface area contributed by atoms with Crippen LogP contribution in [-0.4, -0.2) is 58.4 Å². The Balaban J connectivity index is 1.98. The Labute approximate surface area is 159 Å². The molecular weight excluding hydrogens is 377 g/mol. The van der Waals surface area contributed by atoms with Crippen molar-refractivity contribution in [2.24, 2.45) is 0 Å². The van der Waals surface area contributed by atoms with Gasteiger partial charge in [-0.2, -0.15) is 18.3 Å². The van der Waals surface area contributed by atoms with E-state index in [2.05, 4.69) is 14.8 Å². The standard InChI is InChI=1S/C18H19F3N4O3/c1-24(2)8-3-9-25-15(16(26)28-17(27)18(19,20)21)13-5-4-11-10-22-7-6-12(11)14(13)23-25/h6-7,10H,3-5,8-9H2,1-2H3. The molecule has 7 nitrogen and oxygen atoms in total. The van der Waals surface area contributed by atoms with Crippen LogP contribution in [0.2, 0.25) is 0 Å². The topological polar surface area (TPSA) is 77.3 Å². The Hall–Kier alpha value is -2.75. The largest absolute Gasteiger partial charge is 0.491 e. The third-order valence-electron chi connectivity index (χ3n) is 4.44. The molecule has 0 amide bonds. The zero-order chi connectivity index (χ0) is 20.5. The number of nitrogens with zero attached hydrogens (tertiary/aromatic N) is 4. The zero-order valence-corrected chi connectivity index (χ0v) is 15.4. The fourth-order valence-electron chi connectivity index (χ4n) is 3.19. The molecule has 0 fully saturated rings. The van der Waals surface area contributed by atoms with E-state index in [0.29, 0.717) is 43.6 Å². The van der Waals surface area contributed by atoms with Crippen molar-refractivity contribution in [3.63, 3.8) is 0 Å². The van der Waals surface area contributed by atoms with Crippen LogP contribution in [0.4, 0.5) is 13.2 Å². The number of fused-ring (bicyclic) bond motifs is 3. The maximum Gasteiger partial charge on any atom is 0.491 e. The van der Waals surface area contributed by atoms with Crippen LogP contribution in [0.15, 0.2) is 18.5 Å². The van der Waals surface area contributed by atoms with Gasteiger partial charge in [-0.15, -0.1) is 0 Å². The van der Waals surface area contributed by atoms with Crippen molar-refractivity contribution in [3.8, 4) is 11.3 Å². The quantitative estimate of drug-likeness (QED) is 0.570. The van der Waals surface area contributed by atoms with Gasteiger partial charge in [-0.1, -0.05) is 0 Å². The number of ether oxygens (including phenoxy) is 1. The molecule has 0 spiro atoms. The molecule has 10 heteroatoms. The SMILES string of the molecule is CN(C)CCCn1nc2c(c1C(=O)OC(=O)C(F)(F)F)CCc1cnccc1-2. The van der Waals surface area contributed by atoms with E-state index in [1.807, 2.05) is 19.0 Å².